The van der Waals surface area contributed by atoms with Crippen molar-refractivity contribution in [3.8, 4) is 11.5 Å². The molecule has 2 aromatic rings. The maximum atomic E-state index is 11.0. The minimum Gasteiger partial charge on any atom is -0.493 e. The van der Waals surface area contributed by atoms with Crippen molar-refractivity contribution in [3.63, 3.8) is 0 Å². The Morgan fingerprint density at radius 3 is 2.69 bits per heavy atom. The molecule has 6 nitrogen and oxygen atoms in total. The minimum absolute atomic E-state index is 0.0358. The van der Waals surface area contributed by atoms with E-state index in [0.717, 1.165) is 46.9 Å². The Morgan fingerprint density at radius 1 is 1.31 bits per heavy atom. The minimum atomic E-state index is -0.420. The number of nitro groups is 1. The van der Waals surface area contributed by atoms with Gasteiger partial charge in [-0.2, -0.15) is 0 Å². The zero-order valence-corrected chi connectivity index (χ0v) is 18.8. The molecule has 0 saturated carbocycles. The van der Waals surface area contributed by atoms with Crippen LogP contribution in [0, 0.1) is 16.0 Å². The summed E-state index contributed by atoms with van der Waals surface area (Å²) in [4.78, 5) is 13.6. The molecule has 0 N–H and O–H groups in total. The van der Waals surface area contributed by atoms with Gasteiger partial charge in [0.2, 0.25) is 0 Å². The fourth-order valence-electron chi connectivity index (χ4n) is 3.29. The predicted octanol–water partition coefficient (Wildman–Crippen LogP) is 5.35. The SMILES string of the molecule is COc1cc(C(=S)N2CCC(C)CC2)cc(Br)c1OCc1cccc([N+](=O)[O-])c1. The van der Waals surface area contributed by atoms with Gasteiger partial charge in [-0.3, -0.25) is 10.1 Å². The molecule has 0 unspecified atom stereocenters. The zero-order valence-electron chi connectivity index (χ0n) is 16.4. The molecule has 3 rings (SSSR count). The number of thiocarbonyl (C=S) groups is 1. The summed E-state index contributed by atoms with van der Waals surface area (Å²) in [5, 5.41) is 11.0. The first-order chi connectivity index (χ1) is 13.9. The van der Waals surface area contributed by atoms with Gasteiger partial charge in [0.1, 0.15) is 11.6 Å². The number of piperidine rings is 1. The van der Waals surface area contributed by atoms with E-state index in [1.54, 1.807) is 19.2 Å². The highest BCUT2D eigenvalue weighted by atomic mass is 79.9. The van der Waals surface area contributed by atoms with E-state index in [4.69, 9.17) is 21.7 Å². The number of non-ortho nitro benzene ring substituents is 1. The second kappa shape index (κ2) is 9.54. The summed E-state index contributed by atoms with van der Waals surface area (Å²) in [5.41, 5.74) is 1.64. The largest absolute Gasteiger partial charge is 0.493 e. The first-order valence-corrected chi connectivity index (χ1v) is 10.6. The maximum absolute atomic E-state index is 11.0. The van der Waals surface area contributed by atoms with Crippen molar-refractivity contribution in [1.82, 2.24) is 4.90 Å². The van der Waals surface area contributed by atoms with Crippen LogP contribution in [0.3, 0.4) is 0 Å². The molecule has 8 heteroatoms. The molecule has 0 spiro atoms. The first-order valence-electron chi connectivity index (χ1n) is 9.42. The van der Waals surface area contributed by atoms with Gasteiger partial charge in [0.25, 0.3) is 5.69 Å². The van der Waals surface area contributed by atoms with Crippen LogP contribution < -0.4 is 9.47 Å². The number of nitrogens with zero attached hydrogens (tertiary/aromatic N) is 2. The first kappa shape index (κ1) is 21.5. The monoisotopic (exact) mass is 478 g/mol. The van der Waals surface area contributed by atoms with E-state index in [1.165, 1.54) is 12.1 Å². The summed E-state index contributed by atoms with van der Waals surface area (Å²) in [6.45, 7) is 4.38. The lowest BCUT2D eigenvalue weighted by Gasteiger charge is -2.32. The van der Waals surface area contributed by atoms with E-state index in [2.05, 4.69) is 27.8 Å². The van der Waals surface area contributed by atoms with Crippen molar-refractivity contribution in [3.05, 3.63) is 62.1 Å². The third kappa shape index (κ3) is 5.25. The molecule has 0 aliphatic carbocycles. The van der Waals surface area contributed by atoms with Crippen LogP contribution in [0.15, 0.2) is 40.9 Å². The lowest BCUT2D eigenvalue weighted by molar-refractivity contribution is -0.384. The van der Waals surface area contributed by atoms with Crippen LogP contribution in [0.1, 0.15) is 30.9 Å². The summed E-state index contributed by atoms with van der Waals surface area (Å²) in [7, 11) is 1.58. The van der Waals surface area contributed by atoms with Gasteiger partial charge in [-0.05, 0) is 52.4 Å². The van der Waals surface area contributed by atoms with E-state index < -0.39 is 4.92 Å². The molecule has 0 atom stereocenters. The van der Waals surface area contributed by atoms with Crippen molar-refractivity contribution in [2.45, 2.75) is 26.4 Å². The molecular formula is C21H23BrN2O4S. The van der Waals surface area contributed by atoms with E-state index in [0.29, 0.717) is 17.1 Å². The number of benzene rings is 2. The van der Waals surface area contributed by atoms with Gasteiger partial charge in [0.15, 0.2) is 11.5 Å². The van der Waals surface area contributed by atoms with Gasteiger partial charge in [0.05, 0.1) is 16.5 Å². The molecule has 29 heavy (non-hydrogen) atoms. The van der Waals surface area contributed by atoms with Gasteiger partial charge in [0, 0.05) is 30.8 Å². The van der Waals surface area contributed by atoms with E-state index >= 15 is 0 Å². The van der Waals surface area contributed by atoms with Crippen LogP contribution in [0.2, 0.25) is 0 Å². The Hall–Kier alpha value is -2.19. The standard InChI is InChI=1S/C21H23BrN2O4S/c1-14-6-8-23(9-7-14)21(29)16-11-18(22)20(19(12-16)27-2)28-13-15-4-3-5-17(10-15)24(25)26/h3-5,10-12,14H,6-9,13H2,1-2H3. The van der Waals surface area contributed by atoms with Crippen LogP contribution in [0.25, 0.3) is 0 Å². The number of ether oxygens (including phenoxy) is 2. The number of halogens is 1. The van der Waals surface area contributed by atoms with Crippen molar-refractivity contribution in [2.75, 3.05) is 20.2 Å². The number of likely N-dealkylation sites (tertiary alicyclic amines) is 1. The Kier molecular flexibility index (Phi) is 7.08. The summed E-state index contributed by atoms with van der Waals surface area (Å²) in [5.74, 6) is 1.84. The van der Waals surface area contributed by atoms with Gasteiger partial charge >= 0.3 is 0 Å². The second-order valence-electron chi connectivity index (χ2n) is 7.18. The van der Waals surface area contributed by atoms with Gasteiger partial charge in [-0.25, -0.2) is 0 Å². The molecule has 0 amide bonds. The summed E-state index contributed by atoms with van der Waals surface area (Å²) >= 11 is 9.27. The number of methoxy groups -OCH3 is 1. The molecule has 2 aromatic carbocycles. The van der Waals surface area contributed by atoms with E-state index in [1.807, 2.05) is 12.1 Å². The van der Waals surface area contributed by atoms with Crippen LogP contribution in [-0.2, 0) is 6.61 Å². The molecule has 0 radical (unpaired) electrons. The molecule has 0 bridgehead atoms. The molecule has 1 aliphatic rings. The molecule has 1 aliphatic heterocycles. The molecule has 0 aromatic heterocycles. The molecule has 1 heterocycles. The smallest absolute Gasteiger partial charge is 0.269 e. The van der Waals surface area contributed by atoms with Crippen LogP contribution in [0.4, 0.5) is 5.69 Å². The Labute approximate surface area is 184 Å². The lowest BCUT2D eigenvalue weighted by atomic mass is 9.99. The topological polar surface area (TPSA) is 64.8 Å². The Morgan fingerprint density at radius 2 is 2.03 bits per heavy atom. The van der Waals surface area contributed by atoms with Crippen LogP contribution in [-0.4, -0.2) is 35.0 Å². The third-order valence-corrected chi connectivity index (χ3v) is 6.13. The van der Waals surface area contributed by atoms with E-state index in [9.17, 15) is 10.1 Å². The highest BCUT2D eigenvalue weighted by Gasteiger charge is 2.21. The summed E-state index contributed by atoms with van der Waals surface area (Å²) in [6, 6.07) is 10.2. The van der Waals surface area contributed by atoms with Crippen molar-refractivity contribution >= 4 is 38.8 Å². The van der Waals surface area contributed by atoms with Gasteiger partial charge in [-0.15, -0.1) is 0 Å². The van der Waals surface area contributed by atoms with Crippen LogP contribution in [0.5, 0.6) is 11.5 Å². The second-order valence-corrected chi connectivity index (χ2v) is 8.42. The predicted molar refractivity (Wildman–Crippen MR) is 120 cm³/mol. The average Bonchev–Trinajstić information content (AvgIpc) is 2.72. The highest BCUT2D eigenvalue weighted by Crippen LogP contribution is 2.38. The Balaban J connectivity index is 1.77. The Bertz CT molecular complexity index is 914. The van der Waals surface area contributed by atoms with Gasteiger partial charge < -0.3 is 14.4 Å². The third-order valence-electron chi connectivity index (χ3n) is 5.05. The lowest BCUT2D eigenvalue weighted by Crippen LogP contribution is -2.37. The number of rotatable bonds is 6. The summed E-state index contributed by atoms with van der Waals surface area (Å²) in [6.07, 6.45) is 2.28. The van der Waals surface area contributed by atoms with Crippen molar-refractivity contribution in [1.29, 1.82) is 0 Å². The maximum Gasteiger partial charge on any atom is 0.269 e. The molecule has 154 valence electrons. The molecule has 1 fully saturated rings. The number of nitro benzene ring substituents is 1. The fourth-order valence-corrected chi connectivity index (χ4v) is 4.15. The van der Waals surface area contributed by atoms with Crippen LogP contribution >= 0.6 is 28.1 Å². The molecular weight excluding hydrogens is 456 g/mol. The normalized spacial score (nSPS) is 14.5. The molecule has 1 saturated heterocycles. The fraction of sp³-hybridized carbons (Fsp3) is 0.381. The van der Waals surface area contributed by atoms with Gasteiger partial charge in [-0.1, -0.05) is 31.3 Å². The number of hydrogen-bond donors (Lipinski definition) is 0. The zero-order chi connectivity index (χ0) is 21.0. The van der Waals surface area contributed by atoms with Crippen molar-refractivity contribution in [2.24, 2.45) is 5.92 Å². The quantitative estimate of drug-likeness (QED) is 0.316. The van der Waals surface area contributed by atoms with E-state index in [-0.39, 0.29) is 12.3 Å². The summed E-state index contributed by atoms with van der Waals surface area (Å²) < 4.78 is 12.2. The number of hydrogen-bond acceptors (Lipinski definition) is 5. The highest BCUT2D eigenvalue weighted by molar-refractivity contribution is 9.10. The van der Waals surface area contributed by atoms with Crippen molar-refractivity contribution < 1.29 is 14.4 Å². The average molecular weight is 479 g/mol.